The molecule has 0 aliphatic heterocycles. The first-order chi connectivity index (χ1) is 13.5. The number of amides is 1. The van der Waals surface area contributed by atoms with Crippen molar-refractivity contribution >= 4 is 17.7 Å². The van der Waals surface area contributed by atoms with E-state index in [1.807, 2.05) is 12.1 Å². The minimum atomic E-state index is -0.497. The van der Waals surface area contributed by atoms with Crippen molar-refractivity contribution in [2.45, 2.75) is 33.1 Å². The van der Waals surface area contributed by atoms with Gasteiger partial charge in [0.1, 0.15) is 11.6 Å². The topological polar surface area (TPSA) is 96.5 Å². The Kier molecular flexibility index (Phi) is 6.80. The number of hydrogen-bond acceptors (Lipinski definition) is 4. The number of carbonyl (C=O) groups excluding carboxylic acids is 2. The van der Waals surface area contributed by atoms with Crippen LogP contribution >= 0.6 is 0 Å². The van der Waals surface area contributed by atoms with Crippen molar-refractivity contribution in [2.24, 2.45) is 11.1 Å². The number of likely N-dealkylation sites (N-methyl/N-ethyl adjacent to an activating group) is 1. The highest BCUT2D eigenvalue weighted by molar-refractivity contribution is 5.97. The van der Waals surface area contributed by atoms with E-state index >= 15 is 0 Å². The van der Waals surface area contributed by atoms with Gasteiger partial charge in [-0.1, -0.05) is 45.0 Å². The molecule has 3 N–H and O–H groups in total. The van der Waals surface area contributed by atoms with Crippen molar-refractivity contribution in [3.05, 3.63) is 65.2 Å². The largest absolute Gasteiger partial charge is 0.423 e. The van der Waals surface area contributed by atoms with Gasteiger partial charge in [-0.25, -0.2) is 4.79 Å². The lowest BCUT2D eigenvalue weighted by Gasteiger charge is -2.27. The van der Waals surface area contributed by atoms with E-state index in [1.54, 1.807) is 55.4 Å². The van der Waals surface area contributed by atoms with Crippen molar-refractivity contribution in [2.75, 3.05) is 14.1 Å². The Hall–Kier alpha value is -3.15. The molecule has 0 spiro atoms. The smallest absolute Gasteiger partial charge is 0.343 e. The number of carbonyl (C=O) groups is 2. The molecule has 0 radical (unpaired) electrons. The number of nitrogen functional groups attached to an aromatic ring is 1. The van der Waals surface area contributed by atoms with Gasteiger partial charge >= 0.3 is 5.97 Å². The van der Waals surface area contributed by atoms with Crippen LogP contribution in [0.3, 0.4) is 0 Å². The van der Waals surface area contributed by atoms with Gasteiger partial charge in [0.15, 0.2) is 0 Å². The van der Waals surface area contributed by atoms with Gasteiger partial charge in [-0.3, -0.25) is 10.2 Å². The Morgan fingerprint density at radius 2 is 1.52 bits per heavy atom. The SMILES string of the molecule is CN(C)C(=O)C(CC(C)(C)C)c1ccc(OC(=O)c2ccc(C(=N)N)cc2)cc1. The third-order valence-electron chi connectivity index (χ3n) is 4.48. The quantitative estimate of drug-likeness (QED) is 0.336. The monoisotopic (exact) mass is 395 g/mol. The number of benzene rings is 2. The summed E-state index contributed by atoms with van der Waals surface area (Å²) in [6.07, 6.45) is 0.714. The number of nitrogens with zero attached hydrogens (tertiary/aromatic N) is 1. The van der Waals surface area contributed by atoms with Gasteiger partial charge in [-0.2, -0.15) is 0 Å². The van der Waals surface area contributed by atoms with Crippen LogP contribution in [0.4, 0.5) is 0 Å². The first-order valence-electron chi connectivity index (χ1n) is 9.46. The maximum absolute atomic E-state index is 12.7. The summed E-state index contributed by atoms with van der Waals surface area (Å²) in [6, 6.07) is 13.4. The highest BCUT2D eigenvalue weighted by Gasteiger charge is 2.27. The van der Waals surface area contributed by atoms with Crippen LogP contribution in [-0.4, -0.2) is 36.7 Å². The predicted octanol–water partition coefficient (Wildman–Crippen LogP) is 3.80. The Morgan fingerprint density at radius 1 is 1.00 bits per heavy atom. The molecule has 0 aromatic heterocycles. The molecule has 2 aromatic carbocycles. The zero-order valence-corrected chi connectivity index (χ0v) is 17.7. The second-order valence-electron chi connectivity index (χ2n) is 8.50. The van der Waals surface area contributed by atoms with Gasteiger partial charge in [-0.05, 0) is 41.7 Å². The zero-order chi connectivity index (χ0) is 21.8. The summed E-state index contributed by atoms with van der Waals surface area (Å²) >= 11 is 0. The van der Waals surface area contributed by atoms with E-state index in [2.05, 4.69) is 20.8 Å². The van der Waals surface area contributed by atoms with Gasteiger partial charge in [0, 0.05) is 19.7 Å². The average molecular weight is 396 g/mol. The van der Waals surface area contributed by atoms with Crippen LogP contribution in [0.15, 0.2) is 48.5 Å². The molecular weight excluding hydrogens is 366 g/mol. The van der Waals surface area contributed by atoms with E-state index in [1.165, 1.54) is 0 Å². The molecule has 1 amide bonds. The van der Waals surface area contributed by atoms with Crippen LogP contribution in [0.25, 0.3) is 0 Å². The molecule has 0 aliphatic rings. The van der Waals surface area contributed by atoms with E-state index in [-0.39, 0.29) is 23.1 Å². The molecule has 0 saturated carbocycles. The minimum Gasteiger partial charge on any atom is -0.423 e. The Bertz CT molecular complexity index is 879. The number of nitrogens with one attached hydrogen (secondary N) is 1. The molecule has 0 heterocycles. The van der Waals surface area contributed by atoms with Crippen LogP contribution in [0.5, 0.6) is 5.75 Å². The molecule has 0 bridgehead atoms. The number of esters is 1. The summed E-state index contributed by atoms with van der Waals surface area (Å²) in [6.45, 7) is 6.32. The third kappa shape index (κ3) is 6.17. The molecule has 29 heavy (non-hydrogen) atoms. The highest BCUT2D eigenvalue weighted by atomic mass is 16.5. The summed E-state index contributed by atoms with van der Waals surface area (Å²) in [4.78, 5) is 26.6. The first-order valence-corrected chi connectivity index (χ1v) is 9.46. The lowest BCUT2D eigenvalue weighted by molar-refractivity contribution is -0.131. The van der Waals surface area contributed by atoms with E-state index in [0.29, 0.717) is 23.3 Å². The second-order valence-corrected chi connectivity index (χ2v) is 8.50. The summed E-state index contributed by atoms with van der Waals surface area (Å²) in [5.74, 6) is -0.355. The number of rotatable bonds is 6. The Labute approximate surface area is 172 Å². The third-order valence-corrected chi connectivity index (χ3v) is 4.48. The Morgan fingerprint density at radius 3 is 1.97 bits per heavy atom. The maximum atomic E-state index is 12.7. The molecule has 1 atom stereocenters. The normalized spacial score (nSPS) is 12.2. The van der Waals surface area contributed by atoms with Crippen molar-refractivity contribution in [3.8, 4) is 5.75 Å². The average Bonchev–Trinajstić information content (AvgIpc) is 2.65. The number of ether oxygens (including phenoxy) is 1. The maximum Gasteiger partial charge on any atom is 0.343 e. The van der Waals surface area contributed by atoms with Crippen LogP contribution in [0.2, 0.25) is 0 Å². The van der Waals surface area contributed by atoms with Crippen LogP contribution < -0.4 is 10.5 Å². The molecule has 1 unspecified atom stereocenters. The molecule has 0 saturated heterocycles. The number of nitrogens with two attached hydrogens (primary N) is 1. The fourth-order valence-electron chi connectivity index (χ4n) is 2.99. The minimum absolute atomic E-state index is 0.00644. The zero-order valence-electron chi connectivity index (χ0n) is 17.7. The van der Waals surface area contributed by atoms with E-state index in [0.717, 1.165) is 5.56 Å². The standard InChI is InChI=1S/C23H29N3O3/c1-23(2,3)14-19(21(27)26(4)5)15-10-12-18(13-11-15)29-22(28)17-8-6-16(7-9-17)20(24)25/h6-13,19H,14H2,1-5H3,(H3,24,25). The van der Waals surface area contributed by atoms with Gasteiger partial charge in [0.2, 0.25) is 5.91 Å². The van der Waals surface area contributed by atoms with Gasteiger partial charge < -0.3 is 15.4 Å². The van der Waals surface area contributed by atoms with E-state index < -0.39 is 5.97 Å². The summed E-state index contributed by atoms with van der Waals surface area (Å²) in [5, 5.41) is 7.39. The molecule has 6 nitrogen and oxygen atoms in total. The van der Waals surface area contributed by atoms with E-state index in [9.17, 15) is 9.59 Å². The Balaban J connectivity index is 2.16. The van der Waals surface area contributed by atoms with E-state index in [4.69, 9.17) is 15.9 Å². The molecule has 6 heteroatoms. The second kappa shape index (κ2) is 8.90. The number of amidine groups is 1. The van der Waals surface area contributed by atoms with Crippen LogP contribution in [0, 0.1) is 10.8 Å². The molecule has 154 valence electrons. The van der Waals surface area contributed by atoms with Gasteiger partial charge in [0.05, 0.1) is 11.5 Å². The van der Waals surface area contributed by atoms with Gasteiger partial charge in [-0.15, -0.1) is 0 Å². The lowest BCUT2D eigenvalue weighted by atomic mass is 9.81. The van der Waals surface area contributed by atoms with Crippen molar-refractivity contribution in [3.63, 3.8) is 0 Å². The molecule has 2 rings (SSSR count). The predicted molar refractivity (Wildman–Crippen MR) is 114 cm³/mol. The summed E-state index contributed by atoms with van der Waals surface area (Å²) < 4.78 is 5.43. The summed E-state index contributed by atoms with van der Waals surface area (Å²) in [5.41, 5.74) is 7.22. The van der Waals surface area contributed by atoms with Crippen LogP contribution in [0.1, 0.15) is 54.6 Å². The fraction of sp³-hybridized carbons (Fsp3) is 0.348. The van der Waals surface area contributed by atoms with Crippen molar-refractivity contribution in [1.29, 1.82) is 5.41 Å². The first kappa shape index (κ1) is 22.1. The van der Waals surface area contributed by atoms with Crippen molar-refractivity contribution in [1.82, 2.24) is 4.90 Å². The van der Waals surface area contributed by atoms with Gasteiger partial charge in [0.25, 0.3) is 0 Å². The lowest BCUT2D eigenvalue weighted by Crippen LogP contribution is -2.30. The molecule has 2 aromatic rings. The molecular formula is C23H29N3O3. The molecule has 0 aliphatic carbocycles. The van der Waals surface area contributed by atoms with Crippen LogP contribution in [-0.2, 0) is 4.79 Å². The highest BCUT2D eigenvalue weighted by Crippen LogP contribution is 2.33. The summed E-state index contributed by atoms with van der Waals surface area (Å²) in [7, 11) is 3.51. The molecule has 0 fully saturated rings. The fourth-order valence-corrected chi connectivity index (χ4v) is 2.99. The van der Waals surface area contributed by atoms with Crippen molar-refractivity contribution < 1.29 is 14.3 Å². The number of hydrogen-bond donors (Lipinski definition) is 2.